The van der Waals surface area contributed by atoms with Gasteiger partial charge in [0.15, 0.2) is 5.78 Å². The van der Waals surface area contributed by atoms with E-state index in [4.69, 9.17) is 5.26 Å². The quantitative estimate of drug-likeness (QED) is 0.739. The molecule has 0 spiro atoms. The lowest BCUT2D eigenvalue weighted by Gasteiger charge is -2.11. The van der Waals surface area contributed by atoms with Gasteiger partial charge in [-0.1, -0.05) is 13.8 Å². The van der Waals surface area contributed by atoms with Crippen LogP contribution in [0.3, 0.4) is 0 Å². The van der Waals surface area contributed by atoms with E-state index >= 15 is 0 Å². The first kappa shape index (κ1) is 12.3. The fraction of sp³-hybridized carbons (Fsp3) is 0.333. The average Bonchev–Trinajstić information content (AvgIpc) is 2.16. The van der Waals surface area contributed by atoms with Crippen LogP contribution in [-0.2, 0) is 0 Å². The summed E-state index contributed by atoms with van der Waals surface area (Å²) in [6.07, 6.45) is 0. The first-order chi connectivity index (χ1) is 7.45. The summed E-state index contributed by atoms with van der Waals surface area (Å²) in [7, 11) is 0. The van der Waals surface area contributed by atoms with Crippen molar-refractivity contribution in [2.24, 2.45) is 11.8 Å². The first-order valence-corrected chi connectivity index (χ1v) is 4.85. The molecule has 0 fully saturated rings. The lowest BCUT2D eigenvalue weighted by Crippen LogP contribution is -2.19. The maximum Gasteiger partial charge on any atom is 0.180 e. The molecule has 2 nitrogen and oxygen atoms in total. The van der Waals surface area contributed by atoms with Gasteiger partial charge >= 0.3 is 0 Å². The van der Waals surface area contributed by atoms with E-state index in [0.717, 1.165) is 12.1 Å². The molecule has 0 heterocycles. The summed E-state index contributed by atoms with van der Waals surface area (Å²) in [5.41, 5.74) is -0.0993. The number of nitriles is 1. The molecular formula is C12H11F2NO. The van der Waals surface area contributed by atoms with E-state index < -0.39 is 23.3 Å². The third-order valence-electron chi connectivity index (χ3n) is 2.24. The van der Waals surface area contributed by atoms with Gasteiger partial charge in [0, 0.05) is 11.6 Å². The van der Waals surface area contributed by atoms with Crippen LogP contribution in [0.15, 0.2) is 18.2 Å². The summed E-state index contributed by atoms with van der Waals surface area (Å²) in [6.45, 7) is 3.42. The second kappa shape index (κ2) is 4.84. The van der Waals surface area contributed by atoms with Gasteiger partial charge in [-0.15, -0.1) is 0 Å². The Morgan fingerprint density at radius 3 is 2.12 bits per heavy atom. The van der Waals surface area contributed by atoms with Crippen LogP contribution >= 0.6 is 0 Å². The van der Waals surface area contributed by atoms with Crippen molar-refractivity contribution in [1.29, 1.82) is 5.26 Å². The van der Waals surface area contributed by atoms with Crippen molar-refractivity contribution in [3.05, 3.63) is 35.4 Å². The number of benzene rings is 1. The fourth-order valence-corrected chi connectivity index (χ4v) is 1.39. The van der Waals surface area contributed by atoms with Gasteiger partial charge in [-0.05, 0) is 18.1 Å². The highest BCUT2D eigenvalue weighted by Gasteiger charge is 2.23. The van der Waals surface area contributed by atoms with E-state index in [1.54, 1.807) is 13.8 Å². The zero-order valence-corrected chi connectivity index (χ0v) is 9.00. The number of carbonyl (C=O) groups is 1. The normalized spacial score (nSPS) is 12.2. The maximum atomic E-state index is 12.9. The SMILES string of the molecule is CC(C)C(C#N)C(=O)c1cc(F)cc(F)c1. The van der Waals surface area contributed by atoms with Crippen molar-refractivity contribution in [1.82, 2.24) is 0 Å². The van der Waals surface area contributed by atoms with Crippen LogP contribution in [0.4, 0.5) is 8.78 Å². The maximum absolute atomic E-state index is 12.9. The van der Waals surface area contributed by atoms with Crippen molar-refractivity contribution in [2.45, 2.75) is 13.8 Å². The highest BCUT2D eigenvalue weighted by molar-refractivity contribution is 5.99. The predicted molar refractivity (Wildman–Crippen MR) is 54.6 cm³/mol. The summed E-state index contributed by atoms with van der Waals surface area (Å²) in [5, 5.41) is 8.81. The molecule has 0 aliphatic carbocycles. The zero-order valence-electron chi connectivity index (χ0n) is 9.00. The van der Waals surface area contributed by atoms with Gasteiger partial charge in [-0.3, -0.25) is 4.79 Å². The van der Waals surface area contributed by atoms with Gasteiger partial charge in [0.25, 0.3) is 0 Å². The van der Waals surface area contributed by atoms with E-state index in [-0.39, 0.29) is 11.5 Å². The third kappa shape index (κ3) is 2.63. The van der Waals surface area contributed by atoms with E-state index in [0.29, 0.717) is 6.07 Å². The summed E-state index contributed by atoms with van der Waals surface area (Å²) >= 11 is 0. The minimum atomic E-state index is -0.874. The largest absolute Gasteiger partial charge is 0.293 e. The molecule has 1 atom stereocenters. The standard InChI is InChI=1S/C12H11F2NO/c1-7(2)11(6-15)12(16)8-3-9(13)5-10(14)4-8/h3-5,7,11H,1-2H3. The van der Waals surface area contributed by atoms with Crippen LogP contribution in [0, 0.1) is 34.8 Å². The summed E-state index contributed by atoms with van der Waals surface area (Å²) in [6, 6.07) is 4.42. The topological polar surface area (TPSA) is 40.9 Å². The summed E-state index contributed by atoms with van der Waals surface area (Å²) in [4.78, 5) is 11.8. The number of Topliss-reactive ketones (excluding diaryl/α,β-unsaturated/α-hetero) is 1. The number of nitrogens with zero attached hydrogens (tertiary/aromatic N) is 1. The van der Waals surface area contributed by atoms with Crippen molar-refractivity contribution < 1.29 is 13.6 Å². The van der Waals surface area contributed by atoms with Crippen molar-refractivity contribution in [3.8, 4) is 6.07 Å². The van der Waals surface area contributed by atoms with Crippen molar-refractivity contribution in [3.63, 3.8) is 0 Å². The highest BCUT2D eigenvalue weighted by atomic mass is 19.1. The third-order valence-corrected chi connectivity index (χ3v) is 2.24. The van der Waals surface area contributed by atoms with E-state index in [1.807, 2.05) is 6.07 Å². The fourth-order valence-electron chi connectivity index (χ4n) is 1.39. The minimum absolute atomic E-state index is 0.0993. The van der Waals surface area contributed by atoms with Crippen LogP contribution < -0.4 is 0 Å². The zero-order chi connectivity index (χ0) is 12.3. The Morgan fingerprint density at radius 1 is 1.25 bits per heavy atom. The molecule has 0 saturated carbocycles. The molecule has 0 aliphatic rings. The second-order valence-corrected chi connectivity index (χ2v) is 3.87. The van der Waals surface area contributed by atoms with Gasteiger partial charge in [-0.2, -0.15) is 5.26 Å². The molecule has 0 N–H and O–H groups in total. The summed E-state index contributed by atoms with van der Waals surface area (Å²) < 4.78 is 25.8. The Hall–Kier alpha value is -1.76. The number of rotatable bonds is 3. The Balaban J connectivity index is 3.09. The molecule has 0 aliphatic heterocycles. The number of halogens is 2. The molecule has 0 bridgehead atoms. The molecule has 1 aromatic rings. The van der Waals surface area contributed by atoms with Crippen LogP contribution in [0.1, 0.15) is 24.2 Å². The average molecular weight is 223 g/mol. The van der Waals surface area contributed by atoms with Gasteiger partial charge < -0.3 is 0 Å². The van der Waals surface area contributed by atoms with Crippen LogP contribution in [0.25, 0.3) is 0 Å². The Morgan fingerprint density at radius 2 is 1.75 bits per heavy atom. The molecule has 0 amide bonds. The van der Waals surface area contributed by atoms with Gasteiger partial charge in [0.1, 0.15) is 17.6 Å². The molecule has 1 rings (SSSR count). The van der Waals surface area contributed by atoms with E-state index in [9.17, 15) is 13.6 Å². The van der Waals surface area contributed by atoms with Crippen molar-refractivity contribution >= 4 is 5.78 Å². The molecule has 4 heteroatoms. The van der Waals surface area contributed by atoms with Crippen LogP contribution in [0.5, 0.6) is 0 Å². The number of hydrogen-bond acceptors (Lipinski definition) is 2. The molecular weight excluding hydrogens is 212 g/mol. The monoisotopic (exact) mass is 223 g/mol. The molecule has 1 unspecified atom stereocenters. The predicted octanol–water partition coefficient (Wildman–Crippen LogP) is 2.94. The highest BCUT2D eigenvalue weighted by Crippen LogP contribution is 2.18. The van der Waals surface area contributed by atoms with Gasteiger partial charge in [0.05, 0.1) is 6.07 Å². The molecule has 84 valence electrons. The van der Waals surface area contributed by atoms with Gasteiger partial charge in [0.2, 0.25) is 0 Å². The smallest absolute Gasteiger partial charge is 0.180 e. The Labute approximate surface area is 92.5 Å². The van der Waals surface area contributed by atoms with Crippen molar-refractivity contribution in [2.75, 3.05) is 0 Å². The second-order valence-electron chi connectivity index (χ2n) is 3.87. The van der Waals surface area contributed by atoms with E-state index in [2.05, 4.69) is 0 Å². The minimum Gasteiger partial charge on any atom is -0.293 e. The number of hydrogen-bond donors (Lipinski definition) is 0. The molecule has 1 aromatic carbocycles. The summed E-state index contributed by atoms with van der Waals surface area (Å²) in [5.74, 6) is -3.24. The Kier molecular flexibility index (Phi) is 3.73. The molecule has 0 saturated heterocycles. The molecule has 0 aromatic heterocycles. The number of ketones is 1. The van der Waals surface area contributed by atoms with Gasteiger partial charge in [-0.25, -0.2) is 8.78 Å². The van der Waals surface area contributed by atoms with Crippen LogP contribution in [0.2, 0.25) is 0 Å². The lowest BCUT2D eigenvalue weighted by molar-refractivity contribution is 0.0923. The Bertz CT molecular complexity index is 429. The molecule has 16 heavy (non-hydrogen) atoms. The van der Waals surface area contributed by atoms with Crippen LogP contribution in [-0.4, -0.2) is 5.78 Å². The molecule has 0 radical (unpaired) electrons. The first-order valence-electron chi connectivity index (χ1n) is 4.85. The lowest BCUT2D eigenvalue weighted by atomic mass is 9.89. The van der Waals surface area contributed by atoms with E-state index in [1.165, 1.54) is 0 Å². The number of carbonyl (C=O) groups excluding carboxylic acids is 1.